The number of aliphatic hydroxyl groups excluding tert-OH is 1. The first-order chi connectivity index (χ1) is 15.4. The molecule has 188 valence electrons. The summed E-state index contributed by atoms with van der Waals surface area (Å²) in [5, 5.41) is 11.3. The maximum absolute atomic E-state index is 12.1. The molecule has 0 aromatic heterocycles. The van der Waals surface area contributed by atoms with Gasteiger partial charge in [0.1, 0.15) is 5.60 Å². The molecule has 3 saturated carbocycles. The van der Waals surface area contributed by atoms with Gasteiger partial charge in [-0.15, -0.1) is 0 Å². The van der Waals surface area contributed by atoms with Crippen molar-refractivity contribution in [3.8, 4) is 0 Å². The lowest BCUT2D eigenvalue weighted by Gasteiger charge is -2.60. The van der Waals surface area contributed by atoms with Crippen LogP contribution in [0.1, 0.15) is 105 Å². The van der Waals surface area contributed by atoms with Crippen molar-refractivity contribution >= 4 is 11.9 Å². The largest absolute Gasteiger partial charge is 0.466 e. The van der Waals surface area contributed by atoms with Crippen molar-refractivity contribution < 1.29 is 24.2 Å². The predicted octanol–water partition coefficient (Wildman–Crippen LogP) is 5.67. The van der Waals surface area contributed by atoms with Crippen LogP contribution in [-0.2, 0) is 19.1 Å². The molecule has 8 atom stereocenters. The van der Waals surface area contributed by atoms with E-state index in [9.17, 15) is 14.7 Å². The first-order valence-electron chi connectivity index (χ1n) is 13.5. The Kier molecular flexibility index (Phi) is 6.95. The number of rotatable bonds is 5. The van der Waals surface area contributed by atoms with Crippen molar-refractivity contribution in [3.63, 3.8) is 0 Å². The van der Waals surface area contributed by atoms with E-state index in [4.69, 9.17) is 9.47 Å². The van der Waals surface area contributed by atoms with Gasteiger partial charge in [-0.3, -0.25) is 9.59 Å². The van der Waals surface area contributed by atoms with Crippen molar-refractivity contribution in [1.82, 2.24) is 0 Å². The summed E-state index contributed by atoms with van der Waals surface area (Å²) in [6.45, 7) is 11.2. The Labute approximate surface area is 200 Å². The average molecular weight is 463 g/mol. The molecular weight excluding hydrogens is 416 g/mol. The molecule has 0 aromatic carbocycles. The van der Waals surface area contributed by atoms with E-state index in [0.29, 0.717) is 43.1 Å². The second-order valence-electron chi connectivity index (χ2n) is 13.1. The standard InChI is InChI=1S/C28H46O5/c1-26(2,3)33-23(30)9-7-6-8-18-10-11-20-25-21(12-13-27(18,20)4)28(5)14-15-32-24(31)17-19(28)16-22(25)29/h18-22,25,29H,6-17H2,1-5H3/t18?,19?,20?,21?,22-,25?,27?,28?/m0/s1. The fraction of sp³-hybridized carbons (Fsp3) is 0.929. The van der Waals surface area contributed by atoms with E-state index < -0.39 is 5.60 Å². The minimum atomic E-state index is -0.408. The van der Waals surface area contributed by atoms with Crippen LogP contribution in [0.4, 0.5) is 0 Å². The Morgan fingerprint density at radius 3 is 2.55 bits per heavy atom. The molecule has 3 aliphatic carbocycles. The SMILES string of the molecule is CC(C)(C)OC(=O)CCCCC1CCC2C3C(CCC12C)C1(C)CCOC(=O)CC1C[C@@H]3O. The quantitative estimate of drug-likeness (QED) is 0.421. The number of fused-ring (bicyclic) bond motifs is 5. The van der Waals surface area contributed by atoms with Crippen molar-refractivity contribution in [2.45, 2.75) is 117 Å². The minimum absolute atomic E-state index is 0.0812. The molecule has 4 aliphatic rings. The molecule has 1 N–H and O–H groups in total. The highest BCUT2D eigenvalue weighted by Crippen LogP contribution is 2.67. The monoisotopic (exact) mass is 462 g/mol. The number of hydrogen-bond acceptors (Lipinski definition) is 5. The first-order valence-corrected chi connectivity index (χ1v) is 13.5. The Balaban J connectivity index is 1.39. The van der Waals surface area contributed by atoms with Crippen LogP contribution in [-0.4, -0.2) is 35.4 Å². The molecule has 0 radical (unpaired) electrons. The fourth-order valence-corrected chi connectivity index (χ4v) is 8.51. The Morgan fingerprint density at radius 1 is 1.09 bits per heavy atom. The van der Waals surface area contributed by atoms with Crippen LogP contribution in [0.3, 0.4) is 0 Å². The summed E-state index contributed by atoms with van der Waals surface area (Å²) >= 11 is 0. The lowest BCUT2D eigenvalue weighted by Crippen LogP contribution is -2.57. The van der Waals surface area contributed by atoms with Crippen LogP contribution in [0.5, 0.6) is 0 Å². The van der Waals surface area contributed by atoms with Crippen molar-refractivity contribution in [3.05, 3.63) is 0 Å². The van der Waals surface area contributed by atoms with E-state index in [-0.39, 0.29) is 34.8 Å². The van der Waals surface area contributed by atoms with Crippen molar-refractivity contribution in [2.75, 3.05) is 6.61 Å². The highest BCUT2D eigenvalue weighted by molar-refractivity contribution is 5.70. The summed E-state index contributed by atoms with van der Waals surface area (Å²) in [4.78, 5) is 24.2. The van der Waals surface area contributed by atoms with Gasteiger partial charge in [0.05, 0.1) is 12.7 Å². The number of carbonyl (C=O) groups is 2. The zero-order chi connectivity index (χ0) is 24.0. The van der Waals surface area contributed by atoms with Gasteiger partial charge in [-0.1, -0.05) is 20.3 Å². The van der Waals surface area contributed by atoms with Crippen LogP contribution in [0.15, 0.2) is 0 Å². The molecule has 5 nitrogen and oxygen atoms in total. The van der Waals surface area contributed by atoms with Gasteiger partial charge in [0, 0.05) is 12.8 Å². The topological polar surface area (TPSA) is 72.8 Å². The van der Waals surface area contributed by atoms with Crippen LogP contribution in [0.25, 0.3) is 0 Å². The summed E-state index contributed by atoms with van der Waals surface area (Å²) in [7, 11) is 0. The van der Waals surface area contributed by atoms with Gasteiger partial charge in [0.25, 0.3) is 0 Å². The van der Waals surface area contributed by atoms with Crippen molar-refractivity contribution in [1.29, 1.82) is 0 Å². The molecule has 0 aromatic rings. The minimum Gasteiger partial charge on any atom is -0.466 e. The maximum Gasteiger partial charge on any atom is 0.306 e. The lowest BCUT2D eigenvalue weighted by molar-refractivity contribution is -0.156. The van der Waals surface area contributed by atoms with Crippen LogP contribution in [0, 0.1) is 40.4 Å². The van der Waals surface area contributed by atoms with Gasteiger partial charge in [0.2, 0.25) is 0 Å². The number of unbranched alkanes of at least 4 members (excludes halogenated alkanes) is 1. The summed E-state index contributed by atoms with van der Waals surface area (Å²) in [5.41, 5.74) is -0.0215. The predicted molar refractivity (Wildman–Crippen MR) is 127 cm³/mol. The second-order valence-corrected chi connectivity index (χ2v) is 13.1. The van der Waals surface area contributed by atoms with Gasteiger partial charge < -0.3 is 14.6 Å². The average Bonchev–Trinajstić information content (AvgIpc) is 2.95. The van der Waals surface area contributed by atoms with Crippen LogP contribution < -0.4 is 0 Å². The third-order valence-electron chi connectivity index (χ3n) is 10.2. The van der Waals surface area contributed by atoms with Gasteiger partial charge in [-0.25, -0.2) is 0 Å². The van der Waals surface area contributed by atoms with Gasteiger partial charge in [-0.2, -0.15) is 0 Å². The number of carbonyl (C=O) groups excluding carboxylic acids is 2. The van der Waals surface area contributed by atoms with Gasteiger partial charge in [0.15, 0.2) is 0 Å². The van der Waals surface area contributed by atoms with Crippen LogP contribution >= 0.6 is 0 Å². The van der Waals surface area contributed by atoms with E-state index in [0.717, 1.165) is 32.1 Å². The Morgan fingerprint density at radius 2 is 1.82 bits per heavy atom. The highest BCUT2D eigenvalue weighted by Gasteiger charge is 2.62. The first kappa shape index (κ1) is 25.0. The smallest absolute Gasteiger partial charge is 0.306 e. The van der Waals surface area contributed by atoms with E-state index in [1.165, 1.54) is 25.7 Å². The summed E-state index contributed by atoms with van der Waals surface area (Å²) < 4.78 is 10.9. The summed E-state index contributed by atoms with van der Waals surface area (Å²) in [6.07, 6.45) is 10.3. The molecule has 0 amide bonds. The molecule has 0 spiro atoms. The Bertz CT molecular complexity index is 741. The normalized spacial score (nSPS) is 43.0. The van der Waals surface area contributed by atoms with Gasteiger partial charge in [-0.05, 0) is 113 Å². The Hall–Kier alpha value is -1.10. The highest BCUT2D eigenvalue weighted by atomic mass is 16.6. The molecule has 1 saturated heterocycles. The number of ether oxygens (including phenoxy) is 2. The molecular formula is C28H46O5. The van der Waals surface area contributed by atoms with E-state index >= 15 is 0 Å². The molecule has 1 aliphatic heterocycles. The van der Waals surface area contributed by atoms with E-state index in [1.54, 1.807) is 0 Å². The number of aliphatic hydroxyl groups is 1. The van der Waals surface area contributed by atoms with E-state index in [2.05, 4.69) is 13.8 Å². The summed E-state index contributed by atoms with van der Waals surface area (Å²) in [5.74, 6) is 2.17. The third-order valence-corrected chi connectivity index (χ3v) is 10.2. The number of esters is 2. The third kappa shape index (κ3) is 4.86. The zero-order valence-corrected chi connectivity index (χ0v) is 21.5. The number of hydrogen-bond donors (Lipinski definition) is 1. The van der Waals surface area contributed by atoms with Crippen molar-refractivity contribution in [2.24, 2.45) is 40.4 Å². The molecule has 1 heterocycles. The molecule has 4 rings (SSSR count). The summed E-state index contributed by atoms with van der Waals surface area (Å²) in [6, 6.07) is 0. The lowest BCUT2D eigenvalue weighted by atomic mass is 9.45. The molecule has 5 heteroatoms. The second kappa shape index (κ2) is 9.17. The molecule has 7 unspecified atom stereocenters. The van der Waals surface area contributed by atoms with Crippen LogP contribution in [0.2, 0.25) is 0 Å². The van der Waals surface area contributed by atoms with Gasteiger partial charge >= 0.3 is 11.9 Å². The molecule has 4 fully saturated rings. The van der Waals surface area contributed by atoms with E-state index in [1.807, 2.05) is 20.8 Å². The zero-order valence-electron chi connectivity index (χ0n) is 21.5. The number of cyclic esters (lactones) is 1. The maximum atomic E-state index is 12.1. The molecule has 0 bridgehead atoms. The molecule has 33 heavy (non-hydrogen) atoms. The fourth-order valence-electron chi connectivity index (χ4n) is 8.51.